The fourth-order valence-corrected chi connectivity index (χ4v) is 3.76. The Morgan fingerprint density at radius 2 is 1.52 bits per heavy atom. The second kappa shape index (κ2) is 7.40. The zero-order chi connectivity index (χ0) is 16.9. The monoisotopic (exact) mass is 325 g/mol. The molecule has 0 atom stereocenters. The van der Waals surface area contributed by atoms with Crippen LogP contribution in [-0.2, 0) is 12.8 Å². The molecule has 0 spiro atoms. The van der Waals surface area contributed by atoms with Crippen LogP contribution in [0.15, 0.2) is 73.1 Å². The lowest BCUT2D eigenvalue weighted by atomic mass is 9.89. The van der Waals surface area contributed by atoms with E-state index < -0.39 is 0 Å². The third kappa shape index (κ3) is 3.36. The molecule has 0 bridgehead atoms. The first kappa shape index (κ1) is 15.7. The first-order chi connectivity index (χ1) is 12.4. The van der Waals surface area contributed by atoms with E-state index in [1.807, 2.05) is 36.7 Å². The fraction of sp³-hybridized carbons (Fsp3) is 0.167. The zero-order valence-corrected chi connectivity index (χ0v) is 14.4. The third-order valence-corrected chi connectivity index (χ3v) is 4.96. The van der Waals surface area contributed by atoms with Gasteiger partial charge in [-0.2, -0.15) is 0 Å². The topological polar surface area (TPSA) is 12.0 Å². The highest BCUT2D eigenvalue weighted by atomic mass is 14.8. The first-order valence-corrected chi connectivity index (χ1v) is 9.08. The highest BCUT2D eigenvalue weighted by Crippen LogP contribution is 2.17. The molecule has 1 aliphatic heterocycles. The van der Waals surface area contributed by atoms with Crippen molar-refractivity contribution in [1.82, 2.24) is 5.32 Å². The van der Waals surface area contributed by atoms with Gasteiger partial charge in [0.05, 0.1) is 0 Å². The van der Waals surface area contributed by atoms with E-state index in [2.05, 4.69) is 53.9 Å². The van der Waals surface area contributed by atoms with Crippen LogP contribution in [0.3, 0.4) is 0 Å². The maximum atomic E-state index is 2.92. The van der Waals surface area contributed by atoms with Gasteiger partial charge in [0.15, 0.2) is 0 Å². The predicted molar refractivity (Wildman–Crippen MR) is 106 cm³/mol. The van der Waals surface area contributed by atoms with E-state index in [1.54, 1.807) is 11.1 Å². The SMILES string of the molecule is C1=CC=CNC=C1.C1=c2ccc3c(c2CCC1)CC=c1ccccc1=3. The second-order valence-electron chi connectivity index (χ2n) is 6.52. The smallest absolute Gasteiger partial charge is 0.000442 e. The van der Waals surface area contributed by atoms with Gasteiger partial charge in [-0.1, -0.05) is 60.7 Å². The van der Waals surface area contributed by atoms with Crippen LogP contribution in [0.2, 0.25) is 0 Å². The summed E-state index contributed by atoms with van der Waals surface area (Å²) in [6.07, 6.45) is 21.3. The summed E-state index contributed by atoms with van der Waals surface area (Å²) < 4.78 is 0. The molecule has 0 saturated heterocycles. The summed E-state index contributed by atoms with van der Waals surface area (Å²) in [4.78, 5) is 0. The van der Waals surface area contributed by atoms with Crippen LogP contribution >= 0.6 is 0 Å². The Kier molecular flexibility index (Phi) is 4.65. The number of allylic oxidation sites excluding steroid dienone is 4. The Morgan fingerprint density at radius 3 is 2.40 bits per heavy atom. The van der Waals surface area contributed by atoms with Crippen molar-refractivity contribution in [3.8, 4) is 0 Å². The molecule has 0 saturated carbocycles. The molecule has 5 rings (SSSR count). The van der Waals surface area contributed by atoms with E-state index in [-0.39, 0.29) is 0 Å². The predicted octanol–water partition coefficient (Wildman–Crippen LogP) is 3.60. The molecule has 1 N–H and O–H groups in total. The molecule has 2 aliphatic carbocycles. The van der Waals surface area contributed by atoms with E-state index in [9.17, 15) is 0 Å². The molecule has 3 aliphatic rings. The molecule has 2 aromatic carbocycles. The average molecular weight is 325 g/mol. The fourth-order valence-electron chi connectivity index (χ4n) is 3.76. The van der Waals surface area contributed by atoms with Crippen molar-refractivity contribution in [3.63, 3.8) is 0 Å². The van der Waals surface area contributed by atoms with Crippen LogP contribution in [0, 0.1) is 10.4 Å². The minimum atomic E-state index is 1.10. The van der Waals surface area contributed by atoms with Gasteiger partial charge in [-0.05, 0) is 69.8 Å². The highest BCUT2D eigenvalue weighted by molar-refractivity contribution is 5.47. The van der Waals surface area contributed by atoms with Gasteiger partial charge >= 0.3 is 0 Å². The lowest BCUT2D eigenvalue weighted by Gasteiger charge is -2.16. The van der Waals surface area contributed by atoms with E-state index in [1.165, 1.54) is 40.1 Å². The van der Waals surface area contributed by atoms with E-state index in [0.29, 0.717) is 0 Å². The molecule has 0 radical (unpaired) electrons. The lowest BCUT2D eigenvalue weighted by molar-refractivity contribution is 0.824. The molecule has 2 aromatic rings. The number of rotatable bonds is 0. The van der Waals surface area contributed by atoms with Crippen molar-refractivity contribution in [1.29, 1.82) is 0 Å². The first-order valence-electron chi connectivity index (χ1n) is 9.08. The molecule has 25 heavy (non-hydrogen) atoms. The Hall–Kier alpha value is -2.80. The van der Waals surface area contributed by atoms with Crippen molar-refractivity contribution < 1.29 is 0 Å². The second-order valence-corrected chi connectivity index (χ2v) is 6.52. The summed E-state index contributed by atoms with van der Waals surface area (Å²) >= 11 is 0. The van der Waals surface area contributed by atoms with Gasteiger partial charge in [-0.15, -0.1) is 0 Å². The van der Waals surface area contributed by atoms with E-state index in [0.717, 1.165) is 6.42 Å². The standard InChI is InChI=1S/C18H16.C6H7N/c1-3-7-15-13(5-1)9-11-18-16-8-4-2-6-14(16)10-12-17(15)18;1-2-4-6-7-5-3-1/h1,3,5-7,9-10,12H,2,4,8,11H2;1-7H. The van der Waals surface area contributed by atoms with Gasteiger partial charge in [-0.3, -0.25) is 0 Å². The van der Waals surface area contributed by atoms with Crippen LogP contribution in [0.5, 0.6) is 0 Å². The van der Waals surface area contributed by atoms with Gasteiger partial charge in [0.1, 0.15) is 0 Å². The minimum absolute atomic E-state index is 1.10. The molecule has 1 heterocycles. The Labute approximate surface area is 148 Å². The van der Waals surface area contributed by atoms with Crippen LogP contribution < -0.4 is 15.8 Å². The van der Waals surface area contributed by atoms with Crippen molar-refractivity contribution in [2.45, 2.75) is 25.7 Å². The largest absolute Gasteiger partial charge is 0.368 e. The van der Waals surface area contributed by atoms with Crippen molar-refractivity contribution in [2.24, 2.45) is 0 Å². The van der Waals surface area contributed by atoms with Crippen molar-refractivity contribution >= 4 is 12.2 Å². The van der Waals surface area contributed by atoms with Crippen LogP contribution in [0.25, 0.3) is 12.2 Å². The molecular formula is C24H23N. The van der Waals surface area contributed by atoms with Crippen LogP contribution in [0.1, 0.15) is 24.0 Å². The van der Waals surface area contributed by atoms with Crippen molar-refractivity contribution in [2.75, 3.05) is 0 Å². The minimum Gasteiger partial charge on any atom is -0.368 e. The Morgan fingerprint density at radius 1 is 0.680 bits per heavy atom. The van der Waals surface area contributed by atoms with Gasteiger partial charge < -0.3 is 5.32 Å². The average Bonchev–Trinajstić information content (AvgIpc) is 3.01. The number of benzene rings is 2. The highest BCUT2D eigenvalue weighted by Gasteiger charge is 2.10. The molecule has 1 nitrogen and oxygen atoms in total. The molecule has 0 unspecified atom stereocenters. The molecule has 0 amide bonds. The molecule has 124 valence electrons. The summed E-state index contributed by atoms with van der Waals surface area (Å²) in [6, 6.07) is 13.4. The Bertz CT molecular complexity index is 1050. The maximum Gasteiger partial charge on any atom is 0.000442 e. The molecular weight excluding hydrogens is 302 g/mol. The summed E-state index contributed by atoms with van der Waals surface area (Å²) in [6.45, 7) is 0. The molecule has 0 aromatic heterocycles. The number of hydrogen-bond donors (Lipinski definition) is 1. The van der Waals surface area contributed by atoms with E-state index in [4.69, 9.17) is 0 Å². The summed E-state index contributed by atoms with van der Waals surface area (Å²) in [7, 11) is 0. The maximum absolute atomic E-state index is 2.92. The number of hydrogen-bond acceptors (Lipinski definition) is 1. The third-order valence-electron chi connectivity index (χ3n) is 4.96. The Balaban J connectivity index is 0.000000190. The van der Waals surface area contributed by atoms with Gasteiger partial charge in [0.25, 0.3) is 0 Å². The quantitative estimate of drug-likeness (QED) is 0.780. The summed E-state index contributed by atoms with van der Waals surface area (Å²) in [5, 5.41) is 8.67. The van der Waals surface area contributed by atoms with Gasteiger partial charge in [0.2, 0.25) is 0 Å². The van der Waals surface area contributed by atoms with Gasteiger partial charge in [-0.25, -0.2) is 0 Å². The molecule has 0 fully saturated rings. The number of fused-ring (bicyclic) bond motifs is 4. The van der Waals surface area contributed by atoms with E-state index >= 15 is 0 Å². The van der Waals surface area contributed by atoms with Gasteiger partial charge in [0, 0.05) is 12.4 Å². The van der Waals surface area contributed by atoms with Crippen LogP contribution in [0.4, 0.5) is 0 Å². The zero-order valence-electron chi connectivity index (χ0n) is 14.4. The van der Waals surface area contributed by atoms with Crippen molar-refractivity contribution in [3.05, 3.63) is 105 Å². The summed E-state index contributed by atoms with van der Waals surface area (Å²) in [5.74, 6) is 0. The normalized spacial score (nSPS) is 15.8. The lowest BCUT2D eigenvalue weighted by Crippen LogP contribution is -2.19. The van der Waals surface area contributed by atoms with Crippen LogP contribution in [-0.4, -0.2) is 0 Å². The summed E-state index contributed by atoms with van der Waals surface area (Å²) in [5.41, 5.74) is 3.17. The number of nitrogens with one attached hydrogen (secondary N) is 1. The molecule has 1 heteroatoms.